The van der Waals surface area contributed by atoms with Crippen LogP contribution in [0, 0.1) is 0 Å². The fourth-order valence-corrected chi connectivity index (χ4v) is 3.78. The van der Waals surface area contributed by atoms with E-state index in [4.69, 9.17) is 4.74 Å². The first-order valence-electron chi connectivity index (χ1n) is 9.81. The van der Waals surface area contributed by atoms with E-state index in [0.717, 1.165) is 12.1 Å². The molecule has 0 saturated heterocycles. The molecule has 1 aromatic heterocycles. The number of alkyl halides is 3. The van der Waals surface area contributed by atoms with Crippen molar-refractivity contribution in [3.8, 4) is 0 Å². The summed E-state index contributed by atoms with van der Waals surface area (Å²) < 4.78 is 44.3. The lowest BCUT2D eigenvalue weighted by molar-refractivity contribution is -0.139. The number of hydrogen-bond acceptors (Lipinski definition) is 5. The zero-order chi connectivity index (χ0) is 24.2. The maximum atomic E-state index is 12.9. The molecule has 1 N–H and O–H groups in total. The zero-order valence-corrected chi connectivity index (χ0v) is 18.6. The van der Waals surface area contributed by atoms with E-state index in [1.165, 1.54) is 28.7 Å². The number of aliphatic carboxylic acids is 1. The van der Waals surface area contributed by atoms with Crippen LogP contribution in [-0.2, 0) is 28.9 Å². The molecule has 0 fully saturated rings. The summed E-state index contributed by atoms with van der Waals surface area (Å²) in [7, 11) is 0. The van der Waals surface area contributed by atoms with E-state index in [-0.39, 0.29) is 13.2 Å². The van der Waals surface area contributed by atoms with Gasteiger partial charge < -0.3 is 9.84 Å². The quantitative estimate of drug-likeness (QED) is 0.351. The van der Waals surface area contributed by atoms with Crippen molar-refractivity contribution in [2.75, 3.05) is 0 Å². The minimum absolute atomic E-state index is 0.0516. The summed E-state index contributed by atoms with van der Waals surface area (Å²) in [5.74, 6) is -1.50. The number of ether oxygens (including phenoxy) is 1. The number of rotatable bonds is 8. The molecule has 0 bridgehead atoms. The lowest BCUT2D eigenvalue weighted by atomic mass is 10.1. The highest BCUT2D eigenvalue weighted by molar-refractivity contribution is 8.01. The van der Waals surface area contributed by atoms with E-state index < -0.39 is 28.4 Å². The van der Waals surface area contributed by atoms with Gasteiger partial charge in [0, 0.05) is 16.7 Å². The molecule has 0 aliphatic carbocycles. The molecule has 3 aromatic rings. The summed E-state index contributed by atoms with van der Waals surface area (Å²) in [6.45, 7) is 3.28. The SMILES string of the molecule is CC(C)(Sc1ccc(C(=O)OCc2cnn(Cc3cccc(C(F)(F)F)c3)c2)cc1)C(=O)O. The smallest absolute Gasteiger partial charge is 0.416 e. The molecule has 0 unspecified atom stereocenters. The van der Waals surface area contributed by atoms with Crippen molar-refractivity contribution in [2.45, 2.75) is 42.8 Å². The fraction of sp³-hybridized carbons (Fsp3) is 0.261. The monoisotopic (exact) mass is 478 g/mol. The number of carboxylic acid groups (broad SMARTS) is 1. The van der Waals surface area contributed by atoms with Gasteiger partial charge in [0.05, 0.1) is 23.9 Å². The van der Waals surface area contributed by atoms with E-state index in [1.54, 1.807) is 50.4 Å². The summed E-state index contributed by atoms with van der Waals surface area (Å²) in [5.41, 5.74) is 0.618. The van der Waals surface area contributed by atoms with Crippen LogP contribution in [0.5, 0.6) is 0 Å². The normalized spacial score (nSPS) is 11.9. The minimum Gasteiger partial charge on any atom is -0.480 e. The minimum atomic E-state index is -4.41. The van der Waals surface area contributed by atoms with Gasteiger partial charge in [-0.1, -0.05) is 12.1 Å². The summed E-state index contributed by atoms with van der Waals surface area (Å²) in [6.07, 6.45) is -1.33. The lowest BCUT2D eigenvalue weighted by Crippen LogP contribution is -2.26. The van der Waals surface area contributed by atoms with Crippen molar-refractivity contribution in [3.05, 3.63) is 83.2 Å². The highest BCUT2D eigenvalue weighted by Crippen LogP contribution is 2.33. The topological polar surface area (TPSA) is 81.4 Å². The van der Waals surface area contributed by atoms with Crippen molar-refractivity contribution in [1.29, 1.82) is 0 Å². The van der Waals surface area contributed by atoms with Gasteiger partial charge in [-0.25, -0.2) is 4.79 Å². The van der Waals surface area contributed by atoms with Crippen LogP contribution in [0.3, 0.4) is 0 Å². The van der Waals surface area contributed by atoms with E-state index in [0.29, 0.717) is 21.6 Å². The molecule has 174 valence electrons. The molecule has 6 nitrogen and oxygen atoms in total. The van der Waals surface area contributed by atoms with Crippen molar-refractivity contribution in [1.82, 2.24) is 9.78 Å². The number of benzene rings is 2. The fourth-order valence-electron chi connectivity index (χ4n) is 2.83. The van der Waals surface area contributed by atoms with Crippen LogP contribution in [0.2, 0.25) is 0 Å². The summed E-state index contributed by atoms with van der Waals surface area (Å²) in [4.78, 5) is 24.2. The molecule has 0 radical (unpaired) electrons. The molecule has 0 amide bonds. The molecule has 0 saturated carbocycles. The summed E-state index contributed by atoms with van der Waals surface area (Å²) in [6, 6.07) is 11.4. The molecule has 3 rings (SSSR count). The number of halogens is 3. The Bertz CT molecular complexity index is 1140. The van der Waals surface area contributed by atoms with Gasteiger partial charge in [-0.2, -0.15) is 18.3 Å². The molecule has 2 aromatic carbocycles. The van der Waals surface area contributed by atoms with Crippen molar-refractivity contribution >= 4 is 23.7 Å². The predicted molar refractivity (Wildman–Crippen MR) is 116 cm³/mol. The average Bonchev–Trinajstić information content (AvgIpc) is 3.19. The molecule has 0 aliphatic heterocycles. The highest BCUT2D eigenvalue weighted by Gasteiger charge is 2.30. The van der Waals surface area contributed by atoms with Gasteiger partial charge in [0.1, 0.15) is 11.4 Å². The van der Waals surface area contributed by atoms with E-state index in [2.05, 4.69) is 5.10 Å². The van der Waals surface area contributed by atoms with Gasteiger partial charge in [-0.15, -0.1) is 11.8 Å². The number of carbonyl (C=O) groups excluding carboxylic acids is 1. The van der Waals surface area contributed by atoms with Crippen LogP contribution < -0.4 is 0 Å². The summed E-state index contributed by atoms with van der Waals surface area (Å²) in [5, 5.41) is 13.3. The number of hydrogen-bond donors (Lipinski definition) is 1. The Morgan fingerprint density at radius 1 is 1.09 bits per heavy atom. The Morgan fingerprint density at radius 3 is 2.42 bits per heavy atom. The standard InChI is InChI=1S/C23H21F3N2O4S/c1-22(2,21(30)31)33-19-8-6-17(7-9-19)20(29)32-14-16-11-27-28(13-16)12-15-4-3-5-18(10-15)23(24,25)26/h3-11,13H,12,14H2,1-2H3,(H,30,31). The number of esters is 1. The first-order chi connectivity index (χ1) is 15.4. The van der Waals surface area contributed by atoms with Gasteiger partial charge in [0.25, 0.3) is 0 Å². The van der Waals surface area contributed by atoms with Gasteiger partial charge in [-0.3, -0.25) is 9.48 Å². The highest BCUT2D eigenvalue weighted by atomic mass is 32.2. The van der Waals surface area contributed by atoms with E-state index in [1.807, 2.05) is 0 Å². The van der Waals surface area contributed by atoms with Gasteiger partial charge in [-0.05, 0) is 55.8 Å². The average molecular weight is 478 g/mol. The molecular weight excluding hydrogens is 457 g/mol. The number of nitrogens with zero attached hydrogens (tertiary/aromatic N) is 2. The third-order valence-electron chi connectivity index (χ3n) is 4.63. The van der Waals surface area contributed by atoms with Gasteiger partial charge >= 0.3 is 18.1 Å². The Balaban J connectivity index is 1.56. The molecule has 0 spiro atoms. The number of aromatic nitrogens is 2. The van der Waals surface area contributed by atoms with Crippen LogP contribution >= 0.6 is 11.8 Å². The largest absolute Gasteiger partial charge is 0.480 e. The second kappa shape index (κ2) is 9.70. The molecule has 10 heteroatoms. The molecular formula is C23H21F3N2O4S. The molecule has 0 atom stereocenters. The first-order valence-corrected chi connectivity index (χ1v) is 10.6. The number of thioether (sulfide) groups is 1. The van der Waals surface area contributed by atoms with E-state index in [9.17, 15) is 27.9 Å². The van der Waals surface area contributed by atoms with Crippen molar-refractivity contribution in [2.24, 2.45) is 0 Å². The number of carboxylic acids is 1. The Hall–Kier alpha value is -3.27. The van der Waals surface area contributed by atoms with Crippen LogP contribution in [0.25, 0.3) is 0 Å². The Kier molecular flexibility index (Phi) is 7.16. The zero-order valence-electron chi connectivity index (χ0n) is 17.8. The number of carbonyl (C=O) groups is 2. The van der Waals surface area contributed by atoms with Crippen LogP contribution in [-0.4, -0.2) is 31.6 Å². The maximum absolute atomic E-state index is 12.9. The third kappa shape index (κ3) is 6.61. The van der Waals surface area contributed by atoms with Crippen LogP contribution in [0.15, 0.2) is 65.8 Å². The lowest BCUT2D eigenvalue weighted by Gasteiger charge is -2.18. The second-order valence-electron chi connectivity index (χ2n) is 7.76. The van der Waals surface area contributed by atoms with Crippen molar-refractivity contribution in [3.63, 3.8) is 0 Å². The molecule has 0 aliphatic rings. The molecule has 1 heterocycles. The van der Waals surface area contributed by atoms with Gasteiger partial charge in [0.2, 0.25) is 0 Å². The van der Waals surface area contributed by atoms with Gasteiger partial charge in [0.15, 0.2) is 0 Å². The predicted octanol–water partition coefficient (Wildman–Crippen LogP) is 5.26. The van der Waals surface area contributed by atoms with Crippen molar-refractivity contribution < 1.29 is 32.6 Å². The van der Waals surface area contributed by atoms with Crippen LogP contribution in [0.4, 0.5) is 13.2 Å². The molecule has 33 heavy (non-hydrogen) atoms. The second-order valence-corrected chi connectivity index (χ2v) is 9.46. The Labute approximate surface area is 192 Å². The van der Waals surface area contributed by atoms with Crippen LogP contribution in [0.1, 0.15) is 40.9 Å². The third-order valence-corrected chi connectivity index (χ3v) is 5.83. The maximum Gasteiger partial charge on any atom is 0.416 e. The Morgan fingerprint density at radius 2 is 1.79 bits per heavy atom. The summed E-state index contributed by atoms with van der Waals surface area (Å²) >= 11 is 1.17. The van der Waals surface area contributed by atoms with E-state index >= 15 is 0 Å². The first kappa shape index (κ1) is 24.4.